The molecule has 0 aromatic carbocycles. The summed E-state index contributed by atoms with van der Waals surface area (Å²) in [6, 6.07) is -1.04. The van der Waals surface area contributed by atoms with Crippen molar-refractivity contribution in [3.8, 4) is 0 Å². The van der Waals surface area contributed by atoms with Crippen molar-refractivity contribution in [3.63, 3.8) is 0 Å². The van der Waals surface area contributed by atoms with E-state index in [-0.39, 0.29) is 19.6 Å². The van der Waals surface area contributed by atoms with Crippen molar-refractivity contribution in [2.75, 3.05) is 13.2 Å². The highest BCUT2D eigenvalue weighted by molar-refractivity contribution is 5.73. The van der Waals surface area contributed by atoms with Crippen molar-refractivity contribution in [1.82, 2.24) is 5.32 Å². The minimum atomic E-state index is -1.19. The molecule has 0 aliphatic carbocycles. The first-order valence-corrected chi connectivity index (χ1v) is 9.75. The van der Waals surface area contributed by atoms with Crippen molar-refractivity contribution in [2.45, 2.75) is 77.6 Å². The van der Waals surface area contributed by atoms with Crippen molar-refractivity contribution in [2.24, 2.45) is 0 Å². The van der Waals surface area contributed by atoms with Gasteiger partial charge >= 0.3 is 23.9 Å². The molecule has 1 heterocycles. The van der Waals surface area contributed by atoms with Gasteiger partial charge in [0, 0.05) is 40.7 Å². The maximum absolute atomic E-state index is 11.8. The lowest BCUT2D eigenvalue weighted by Crippen LogP contribution is -2.66. The lowest BCUT2D eigenvalue weighted by molar-refractivity contribution is -0.277. The van der Waals surface area contributed by atoms with Crippen molar-refractivity contribution in [1.29, 1.82) is 0 Å². The Morgan fingerprint density at radius 2 is 1.52 bits per heavy atom. The van der Waals surface area contributed by atoms with Crippen LogP contribution in [0.15, 0.2) is 0 Å². The number of carboxylic acid groups (broad SMARTS) is 1. The summed E-state index contributed by atoms with van der Waals surface area (Å²) in [5.41, 5.74) is 0. The predicted molar refractivity (Wildman–Crippen MR) is 101 cm³/mol. The number of hydrogen-bond acceptors (Lipinski definition) is 10. The van der Waals surface area contributed by atoms with Crippen LogP contribution < -0.4 is 5.32 Å². The minimum Gasteiger partial charge on any atom is -0.481 e. The Kier molecular flexibility index (Phi) is 10.9. The van der Waals surface area contributed by atoms with Gasteiger partial charge in [0.15, 0.2) is 18.5 Å². The molecule has 0 radical (unpaired) electrons. The van der Waals surface area contributed by atoms with E-state index >= 15 is 0 Å². The molecule has 2 N–H and O–H groups in total. The number of ether oxygens (including phenoxy) is 5. The molecule has 12 nitrogen and oxygen atoms in total. The van der Waals surface area contributed by atoms with Gasteiger partial charge in [-0.3, -0.25) is 24.0 Å². The summed E-state index contributed by atoms with van der Waals surface area (Å²) in [6.07, 6.45) is -3.87. The van der Waals surface area contributed by atoms with Gasteiger partial charge in [0.05, 0.1) is 0 Å². The first-order valence-electron chi connectivity index (χ1n) is 9.75. The summed E-state index contributed by atoms with van der Waals surface area (Å²) in [5.74, 6) is -3.43. The molecule has 0 saturated carbocycles. The van der Waals surface area contributed by atoms with Crippen LogP contribution >= 0.6 is 0 Å². The Bertz CT molecular complexity index is 665. The van der Waals surface area contributed by atoms with Crippen LogP contribution in [0, 0.1) is 0 Å². The summed E-state index contributed by atoms with van der Waals surface area (Å²) < 4.78 is 27.1. The molecule has 0 aromatic rings. The van der Waals surface area contributed by atoms with E-state index in [0.29, 0.717) is 12.8 Å². The quantitative estimate of drug-likeness (QED) is 0.247. The molecule has 0 bridgehead atoms. The van der Waals surface area contributed by atoms with Crippen LogP contribution in [0.25, 0.3) is 0 Å². The minimum absolute atomic E-state index is 0.0380. The molecule has 1 amide bonds. The Labute approximate surface area is 179 Å². The zero-order valence-electron chi connectivity index (χ0n) is 18.0. The molecule has 31 heavy (non-hydrogen) atoms. The van der Waals surface area contributed by atoms with Gasteiger partial charge < -0.3 is 34.1 Å². The molecule has 0 spiro atoms. The summed E-state index contributed by atoms with van der Waals surface area (Å²) >= 11 is 0. The van der Waals surface area contributed by atoms with Gasteiger partial charge in [-0.1, -0.05) is 0 Å². The molecule has 1 saturated heterocycles. The van der Waals surface area contributed by atoms with Crippen LogP contribution in [-0.2, 0) is 47.7 Å². The summed E-state index contributed by atoms with van der Waals surface area (Å²) in [5, 5.41) is 11.3. The van der Waals surface area contributed by atoms with Gasteiger partial charge in [-0.25, -0.2) is 0 Å². The van der Waals surface area contributed by atoms with E-state index in [4.69, 9.17) is 28.8 Å². The molecule has 1 rings (SSSR count). The normalized spacial score (nSPS) is 25.2. The molecular formula is C19H29NO11. The first kappa shape index (κ1) is 26.3. The lowest BCUT2D eigenvalue weighted by atomic mass is 9.96. The Morgan fingerprint density at radius 1 is 0.903 bits per heavy atom. The molecule has 12 heteroatoms. The fourth-order valence-corrected chi connectivity index (χ4v) is 3.01. The van der Waals surface area contributed by atoms with Crippen molar-refractivity contribution >= 4 is 29.8 Å². The highest BCUT2D eigenvalue weighted by Crippen LogP contribution is 2.28. The Morgan fingerprint density at radius 3 is 2.03 bits per heavy atom. The van der Waals surface area contributed by atoms with E-state index in [2.05, 4.69) is 5.32 Å². The van der Waals surface area contributed by atoms with Gasteiger partial charge in [0.25, 0.3) is 0 Å². The van der Waals surface area contributed by atoms with Crippen LogP contribution in [0.3, 0.4) is 0 Å². The zero-order chi connectivity index (χ0) is 23.6. The third-order valence-corrected chi connectivity index (χ3v) is 4.14. The number of esters is 3. The second-order valence-electron chi connectivity index (χ2n) is 6.94. The average Bonchev–Trinajstić information content (AvgIpc) is 2.62. The topological polar surface area (TPSA) is 164 Å². The Balaban J connectivity index is 3.11. The molecule has 176 valence electrons. The Hall–Kier alpha value is -2.73. The number of carboxylic acids is 1. The van der Waals surface area contributed by atoms with Crippen molar-refractivity contribution in [3.05, 3.63) is 0 Å². The third-order valence-electron chi connectivity index (χ3n) is 4.14. The summed E-state index contributed by atoms with van der Waals surface area (Å²) in [4.78, 5) is 57.0. The SMILES string of the molecule is CC(=O)N[C@H]1C(OC(C)=O)[C@@H](OC(C)=O)C(COC(C)=O)O[C@H]1OCCCCC(=O)O. The lowest BCUT2D eigenvalue weighted by Gasteiger charge is -2.44. The number of carbonyl (C=O) groups is 5. The largest absolute Gasteiger partial charge is 0.481 e. The average molecular weight is 447 g/mol. The van der Waals surface area contributed by atoms with E-state index in [0.717, 1.165) is 13.8 Å². The van der Waals surface area contributed by atoms with Crippen LogP contribution in [0.5, 0.6) is 0 Å². The molecule has 5 atom stereocenters. The van der Waals surface area contributed by atoms with E-state index in [1.54, 1.807) is 0 Å². The zero-order valence-corrected chi connectivity index (χ0v) is 18.0. The molecule has 1 aliphatic heterocycles. The number of unbranched alkanes of at least 4 members (excludes halogenated alkanes) is 1. The maximum atomic E-state index is 11.8. The van der Waals surface area contributed by atoms with Crippen LogP contribution in [0.1, 0.15) is 47.0 Å². The van der Waals surface area contributed by atoms with Gasteiger partial charge in [-0.15, -0.1) is 0 Å². The number of nitrogens with one attached hydrogen (secondary N) is 1. The first-order chi connectivity index (χ1) is 14.5. The highest BCUT2D eigenvalue weighted by atomic mass is 16.7. The second kappa shape index (κ2) is 12.8. The number of amides is 1. The molecule has 1 fully saturated rings. The third kappa shape index (κ3) is 9.75. The smallest absolute Gasteiger partial charge is 0.303 e. The second-order valence-corrected chi connectivity index (χ2v) is 6.94. The van der Waals surface area contributed by atoms with Crippen LogP contribution in [0.2, 0.25) is 0 Å². The van der Waals surface area contributed by atoms with Gasteiger partial charge in [0.2, 0.25) is 5.91 Å². The van der Waals surface area contributed by atoms with Gasteiger partial charge in [-0.05, 0) is 12.8 Å². The number of hydrogen-bond donors (Lipinski definition) is 2. The monoisotopic (exact) mass is 447 g/mol. The predicted octanol–water partition coefficient (Wildman–Crippen LogP) is -0.0860. The fraction of sp³-hybridized carbons (Fsp3) is 0.737. The standard InChI is InChI=1S/C19H29NO11/c1-10(21)20-16-18(30-13(4)24)17(29-12(3)23)14(9-28-11(2)22)31-19(16)27-8-6-5-7-15(25)26/h14,16-19H,5-9H2,1-4H3,(H,20,21)(H,25,26)/t14?,16-,17-,18?,19+/m0/s1. The molecule has 1 aliphatic rings. The van der Waals surface area contributed by atoms with Crippen molar-refractivity contribution < 1.29 is 52.8 Å². The molecule has 2 unspecified atom stereocenters. The van der Waals surface area contributed by atoms with Gasteiger partial charge in [-0.2, -0.15) is 0 Å². The molecular weight excluding hydrogens is 418 g/mol. The van der Waals surface area contributed by atoms with Crippen LogP contribution in [-0.4, -0.2) is 78.7 Å². The maximum Gasteiger partial charge on any atom is 0.303 e. The van der Waals surface area contributed by atoms with E-state index in [9.17, 15) is 24.0 Å². The van der Waals surface area contributed by atoms with Gasteiger partial charge in [0.1, 0.15) is 18.8 Å². The molecule has 0 aromatic heterocycles. The van der Waals surface area contributed by atoms with Crippen LogP contribution in [0.4, 0.5) is 0 Å². The van der Waals surface area contributed by atoms with E-state index in [1.165, 1.54) is 13.8 Å². The summed E-state index contributed by atoms with van der Waals surface area (Å²) in [7, 11) is 0. The number of rotatable bonds is 11. The van der Waals surface area contributed by atoms with E-state index in [1.807, 2.05) is 0 Å². The number of carbonyl (C=O) groups excluding carboxylic acids is 4. The number of aliphatic carboxylic acids is 1. The summed E-state index contributed by atoms with van der Waals surface area (Å²) in [6.45, 7) is 4.47. The highest BCUT2D eigenvalue weighted by Gasteiger charge is 2.51. The fourth-order valence-electron chi connectivity index (χ4n) is 3.01. The van der Waals surface area contributed by atoms with E-state index < -0.39 is 60.4 Å².